The van der Waals surface area contributed by atoms with Gasteiger partial charge in [-0.05, 0) is 80.9 Å². The number of benzene rings is 8. The summed E-state index contributed by atoms with van der Waals surface area (Å²) < 4.78 is 0. The second kappa shape index (κ2) is 19.2. The Morgan fingerprint density at radius 3 is 0.964 bits per heavy atom. The zero-order valence-electron chi connectivity index (χ0n) is 31.0. The first-order chi connectivity index (χ1) is 26.4. The van der Waals surface area contributed by atoms with Crippen molar-refractivity contribution in [2.75, 3.05) is 0 Å². The van der Waals surface area contributed by atoms with E-state index in [-0.39, 0.29) is 47.1 Å². The molecule has 0 N–H and O–H groups in total. The van der Waals surface area contributed by atoms with Gasteiger partial charge in [-0.1, -0.05) is 207 Å². The summed E-state index contributed by atoms with van der Waals surface area (Å²) in [7, 11) is -1.73. The molecule has 0 atom stereocenters. The molecule has 268 valence electrons. The molecule has 0 saturated carbocycles. The van der Waals surface area contributed by atoms with Gasteiger partial charge in [-0.3, -0.25) is 0 Å². The SMILES string of the molecule is CC(C)[O-].[La+3].[O-]c1c(CP(c2ccccc2)c2ccccc2)cc2ccccc2c1-c1c([O-])c(CP(c2ccccc2)c2ccccc2)cc2ccccc12. The maximum atomic E-state index is 15.0. The Morgan fingerprint density at radius 2 is 0.673 bits per heavy atom. The second-order valence-corrected chi connectivity index (χ2v) is 17.9. The van der Waals surface area contributed by atoms with E-state index in [4.69, 9.17) is 0 Å². The van der Waals surface area contributed by atoms with E-state index in [9.17, 15) is 5.11 Å². The van der Waals surface area contributed by atoms with Crippen molar-refractivity contribution >= 4 is 58.6 Å². The number of hydrogen-bond donors (Lipinski definition) is 0. The predicted molar refractivity (Wildman–Crippen MR) is 226 cm³/mol. The zero-order valence-corrected chi connectivity index (χ0v) is 36.4. The van der Waals surface area contributed by atoms with E-state index in [1.165, 1.54) is 21.2 Å². The Morgan fingerprint density at radius 1 is 0.418 bits per heavy atom. The van der Waals surface area contributed by atoms with Gasteiger partial charge in [0.25, 0.3) is 0 Å². The van der Waals surface area contributed by atoms with Crippen molar-refractivity contribution < 1.29 is 50.9 Å². The van der Waals surface area contributed by atoms with Crippen molar-refractivity contribution in [2.24, 2.45) is 0 Å². The summed E-state index contributed by atoms with van der Waals surface area (Å²) in [6, 6.07) is 62.2. The first-order valence-corrected chi connectivity index (χ1v) is 21.3. The van der Waals surface area contributed by atoms with Crippen molar-refractivity contribution in [3.63, 3.8) is 0 Å². The molecule has 0 aliphatic carbocycles. The Labute approximate surface area is 354 Å². The molecule has 6 heteroatoms. The van der Waals surface area contributed by atoms with Crippen LogP contribution in [0.3, 0.4) is 0 Å². The zero-order chi connectivity index (χ0) is 37.4. The largest absolute Gasteiger partial charge is 3.00 e. The van der Waals surface area contributed by atoms with E-state index in [0.29, 0.717) is 23.5 Å². The van der Waals surface area contributed by atoms with Crippen molar-refractivity contribution in [1.82, 2.24) is 0 Å². The maximum absolute atomic E-state index is 15.0. The molecule has 8 rings (SSSR count). The van der Waals surface area contributed by atoms with Crippen LogP contribution in [0, 0.1) is 35.6 Å². The Balaban J connectivity index is 0.000000982. The molecule has 0 aromatic heterocycles. The molecule has 0 heterocycles. The fourth-order valence-electron chi connectivity index (χ4n) is 6.94. The fraction of sp³-hybridized carbons (Fsp3) is 0.102. The van der Waals surface area contributed by atoms with Gasteiger partial charge in [0, 0.05) is 12.3 Å². The van der Waals surface area contributed by atoms with Crippen LogP contribution >= 0.6 is 15.8 Å². The topological polar surface area (TPSA) is 69.2 Å². The van der Waals surface area contributed by atoms with Gasteiger partial charge in [0.1, 0.15) is 0 Å². The number of rotatable bonds is 9. The van der Waals surface area contributed by atoms with Crippen molar-refractivity contribution in [3.05, 3.63) is 193 Å². The summed E-state index contributed by atoms with van der Waals surface area (Å²) in [5.41, 5.74) is 2.51. The molecule has 8 aromatic carbocycles. The standard InChI is InChI=1S/C46H36O2P2.C3H7O.La/c47-45-35(31-49(37-19-5-1-6-20-37)38-21-7-2-8-22-38)29-33-17-13-15-27-41(33)43(45)44-42-28-16-14-18-34(42)30-36(46(44)48)32-50(39-23-9-3-10-24-39)40-25-11-4-12-26-40;1-3(2)4;/h1-30,47-48H,31-32H2;3H,1-2H3;/q;-1;+3/p-2. The molecular formula is C49H41LaO3P2. The van der Waals surface area contributed by atoms with Gasteiger partial charge in [0.2, 0.25) is 0 Å². The monoisotopic (exact) mass is 878 g/mol. The van der Waals surface area contributed by atoms with Crippen LogP contribution in [0.25, 0.3) is 32.7 Å². The number of fused-ring (bicyclic) bond motifs is 2. The maximum Gasteiger partial charge on any atom is 3.00 e. The molecule has 0 amide bonds. The first-order valence-electron chi connectivity index (χ1n) is 18.2. The summed E-state index contributed by atoms with van der Waals surface area (Å²) in [5, 5.41) is 48.0. The normalized spacial score (nSPS) is 11.1. The Kier molecular flexibility index (Phi) is 14.1. The van der Waals surface area contributed by atoms with Crippen LogP contribution in [-0.4, -0.2) is 6.10 Å². The van der Waals surface area contributed by atoms with E-state index in [2.05, 4.69) is 121 Å². The van der Waals surface area contributed by atoms with Gasteiger partial charge < -0.3 is 15.3 Å². The minimum Gasteiger partial charge on any atom is -0.872 e. The molecule has 0 radical (unpaired) electrons. The van der Waals surface area contributed by atoms with Gasteiger partial charge in [0.05, 0.1) is 0 Å². The molecule has 0 aliphatic heterocycles. The van der Waals surface area contributed by atoms with Crippen LogP contribution in [0.1, 0.15) is 25.0 Å². The van der Waals surface area contributed by atoms with Crippen LogP contribution in [0.4, 0.5) is 0 Å². The molecule has 0 bridgehead atoms. The number of hydrogen-bond acceptors (Lipinski definition) is 3. The molecule has 0 saturated heterocycles. The van der Waals surface area contributed by atoms with E-state index in [1.54, 1.807) is 13.8 Å². The third-order valence-corrected chi connectivity index (χ3v) is 14.3. The summed E-state index contributed by atoms with van der Waals surface area (Å²) >= 11 is 0. The quantitative estimate of drug-likeness (QED) is 0.136. The van der Waals surface area contributed by atoms with Crippen LogP contribution < -0.4 is 36.5 Å². The van der Waals surface area contributed by atoms with Crippen LogP contribution in [0.2, 0.25) is 0 Å². The van der Waals surface area contributed by atoms with Gasteiger partial charge >= 0.3 is 35.6 Å². The third-order valence-electron chi connectivity index (χ3n) is 9.34. The van der Waals surface area contributed by atoms with Gasteiger partial charge in [-0.15, -0.1) is 6.10 Å². The molecule has 0 spiro atoms. The minimum atomic E-state index is -0.867. The summed E-state index contributed by atoms with van der Waals surface area (Å²) in [6.45, 7) is 3.22. The average Bonchev–Trinajstić information content (AvgIpc) is 3.21. The minimum absolute atomic E-state index is 0. The first kappa shape index (κ1) is 40.6. The van der Waals surface area contributed by atoms with Crippen molar-refractivity contribution in [1.29, 1.82) is 0 Å². The molecule has 55 heavy (non-hydrogen) atoms. The average molecular weight is 879 g/mol. The van der Waals surface area contributed by atoms with E-state index in [1.807, 2.05) is 60.7 Å². The summed E-state index contributed by atoms with van der Waals surface area (Å²) in [6.07, 6.45) is 0.748. The van der Waals surface area contributed by atoms with Crippen molar-refractivity contribution in [2.45, 2.75) is 32.3 Å². The van der Waals surface area contributed by atoms with E-state index >= 15 is 10.2 Å². The van der Waals surface area contributed by atoms with Crippen LogP contribution in [0.5, 0.6) is 11.5 Å². The molecule has 0 unspecified atom stereocenters. The molecular weight excluding hydrogens is 837 g/mol. The fourth-order valence-corrected chi connectivity index (χ4v) is 11.5. The third kappa shape index (κ3) is 9.48. The van der Waals surface area contributed by atoms with Crippen LogP contribution in [0.15, 0.2) is 182 Å². The molecule has 0 aliphatic rings. The summed E-state index contributed by atoms with van der Waals surface area (Å²) in [4.78, 5) is 0. The molecule has 0 fully saturated rings. The smallest absolute Gasteiger partial charge is 0.872 e. The van der Waals surface area contributed by atoms with Crippen LogP contribution in [-0.2, 0) is 12.3 Å². The van der Waals surface area contributed by atoms with Gasteiger partial charge in [0.15, 0.2) is 0 Å². The van der Waals surface area contributed by atoms with E-state index < -0.39 is 21.9 Å². The predicted octanol–water partition coefficient (Wildman–Crippen LogP) is 8.83. The van der Waals surface area contributed by atoms with Crippen molar-refractivity contribution in [3.8, 4) is 22.6 Å². The van der Waals surface area contributed by atoms with Gasteiger partial charge in [-0.25, -0.2) is 0 Å². The Bertz CT molecular complexity index is 2210. The summed E-state index contributed by atoms with van der Waals surface area (Å²) in [5.74, 6) is -0.119. The molecule has 8 aromatic rings. The second-order valence-electron chi connectivity index (χ2n) is 13.5. The molecule has 3 nitrogen and oxygen atoms in total. The Hall–Kier alpha value is -4.11. The van der Waals surface area contributed by atoms with E-state index in [0.717, 1.165) is 32.7 Å². The van der Waals surface area contributed by atoms with Gasteiger partial charge in [-0.2, -0.15) is 0 Å².